The molecule has 0 atom stereocenters. The van der Waals surface area contributed by atoms with Crippen LogP contribution in [0.1, 0.15) is 6.42 Å². The molecule has 0 aliphatic heterocycles. The summed E-state index contributed by atoms with van der Waals surface area (Å²) in [5.41, 5.74) is 10.9. The molecule has 1 heterocycles. The van der Waals surface area contributed by atoms with Gasteiger partial charge in [0.1, 0.15) is 7.05 Å². The van der Waals surface area contributed by atoms with E-state index < -0.39 is 0 Å². The molecule has 0 bridgehead atoms. The second kappa shape index (κ2) is 7.17. The Hall–Kier alpha value is -3.24. The minimum absolute atomic E-state index is 0.0621. The van der Waals surface area contributed by atoms with Gasteiger partial charge in [0, 0.05) is 36.3 Å². The van der Waals surface area contributed by atoms with Crippen LogP contribution in [0.25, 0.3) is 32.9 Å². The average molecular weight is 356 g/mol. The summed E-state index contributed by atoms with van der Waals surface area (Å²) in [6, 6.07) is 24.9. The van der Waals surface area contributed by atoms with Gasteiger partial charge in [-0.2, -0.15) is 4.57 Å². The Morgan fingerprint density at radius 1 is 0.889 bits per heavy atom. The van der Waals surface area contributed by atoms with Gasteiger partial charge in [-0.3, -0.25) is 4.79 Å². The van der Waals surface area contributed by atoms with Crippen molar-refractivity contribution in [3.8, 4) is 11.1 Å². The summed E-state index contributed by atoms with van der Waals surface area (Å²) < 4.78 is 2.23. The van der Waals surface area contributed by atoms with Gasteiger partial charge in [-0.05, 0) is 29.8 Å². The van der Waals surface area contributed by atoms with Gasteiger partial charge in [-0.15, -0.1) is 0 Å². The van der Waals surface area contributed by atoms with E-state index in [0.717, 1.165) is 11.3 Å². The number of anilines is 1. The summed E-state index contributed by atoms with van der Waals surface area (Å²) in [6.07, 6.45) is 0.326. The van der Waals surface area contributed by atoms with Gasteiger partial charge in [-0.1, -0.05) is 36.4 Å². The number of carbonyl (C=O) groups excluding carboxylic acids is 1. The van der Waals surface area contributed by atoms with Crippen molar-refractivity contribution in [3.63, 3.8) is 0 Å². The predicted molar refractivity (Wildman–Crippen MR) is 110 cm³/mol. The molecule has 4 aromatic rings. The zero-order valence-electron chi connectivity index (χ0n) is 15.3. The van der Waals surface area contributed by atoms with Crippen molar-refractivity contribution in [1.29, 1.82) is 0 Å². The molecule has 4 nitrogen and oxygen atoms in total. The summed E-state index contributed by atoms with van der Waals surface area (Å²) >= 11 is 0. The lowest BCUT2D eigenvalue weighted by Gasteiger charge is -2.11. The predicted octanol–water partition coefficient (Wildman–Crippen LogP) is 3.77. The van der Waals surface area contributed by atoms with Crippen molar-refractivity contribution >= 4 is 33.4 Å². The highest BCUT2D eigenvalue weighted by molar-refractivity contribution is 6.07. The van der Waals surface area contributed by atoms with E-state index in [1.54, 1.807) is 0 Å². The zero-order chi connectivity index (χ0) is 18.8. The number of carbonyl (C=O) groups is 1. The monoisotopic (exact) mass is 356 g/mol. The molecule has 134 valence electrons. The summed E-state index contributed by atoms with van der Waals surface area (Å²) in [5.74, 6) is -0.0621. The first-order valence-electron chi connectivity index (χ1n) is 9.09. The fourth-order valence-corrected chi connectivity index (χ4v) is 3.62. The minimum atomic E-state index is -0.0621. The fraction of sp³-hybridized carbons (Fsp3) is 0.130. The number of pyridine rings is 1. The van der Waals surface area contributed by atoms with E-state index in [1.807, 2.05) is 12.1 Å². The summed E-state index contributed by atoms with van der Waals surface area (Å²) in [7, 11) is 2.10. The van der Waals surface area contributed by atoms with E-state index in [9.17, 15) is 4.79 Å². The van der Waals surface area contributed by atoms with Gasteiger partial charge in [-0.25, -0.2) is 0 Å². The van der Waals surface area contributed by atoms with E-state index in [4.69, 9.17) is 5.73 Å². The first-order chi connectivity index (χ1) is 13.2. The number of hydrogen-bond acceptors (Lipinski definition) is 2. The number of hydrogen-bond donors (Lipinski definition) is 2. The van der Waals surface area contributed by atoms with Crippen molar-refractivity contribution in [2.24, 2.45) is 12.8 Å². The molecule has 0 fully saturated rings. The van der Waals surface area contributed by atoms with Crippen molar-refractivity contribution in [2.45, 2.75) is 6.42 Å². The highest BCUT2D eigenvalue weighted by Crippen LogP contribution is 2.34. The molecule has 0 aliphatic rings. The minimum Gasteiger partial charge on any atom is -0.330 e. The van der Waals surface area contributed by atoms with Crippen LogP contribution in [0.15, 0.2) is 72.8 Å². The molecule has 3 aromatic carbocycles. The van der Waals surface area contributed by atoms with Crippen LogP contribution in [0.5, 0.6) is 0 Å². The molecule has 3 N–H and O–H groups in total. The third-order valence-corrected chi connectivity index (χ3v) is 4.90. The van der Waals surface area contributed by atoms with E-state index in [0.29, 0.717) is 13.0 Å². The number of nitrogens with zero attached hydrogens (tertiary/aromatic N) is 1. The van der Waals surface area contributed by atoms with Crippen LogP contribution in [0, 0.1) is 0 Å². The van der Waals surface area contributed by atoms with Crippen molar-refractivity contribution in [2.75, 3.05) is 11.9 Å². The van der Waals surface area contributed by atoms with Crippen LogP contribution in [0.4, 0.5) is 5.69 Å². The van der Waals surface area contributed by atoms with Crippen LogP contribution in [0.2, 0.25) is 0 Å². The maximum absolute atomic E-state index is 11.8. The summed E-state index contributed by atoms with van der Waals surface area (Å²) in [6.45, 7) is 0.350. The Morgan fingerprint density at radius 2 is 1.44 bits per heavy atom. The van der Waals surface area contributed by atoms with Crippen LogP contribution in [0.3, 0.4) is 0 Å². The first-order valence-corrected chi connectivity index (χ1v) is 9.09. The number of aryl methyl sites for hydroxylation is 1. The molecule has 4 heteroatoms. The highest BCUT2D eigenvalue weighted by Gasteiger charge is 2.18. The Kier molecular flexibility index (Phi) is 4.57. The molecule has 0 saturated heterocycles. The maximum Gasteiger partial charge on any atom is 0.225 e. The third-order valence-electron chi connectivity index (χ3n) is 4.90. The second-order valence-corrected chi connectivity index (χ2v) is 6.63. The summed E-state index contributed by atoms with van der Waals surface area (Å²) in [5, 5.41) is 5.30. The Bertz CT molecular complexity index is 1080. The van der Waals surface area contributed by atoms with Gasteiger partial charge in [0.2, 0.25) is 16.9 Å². The van der Waals surface area contributed by atoms with Crippen LogP contribution >= 0.6 is 0 Å². The Balaban J connectivity index is 1.88. The molecule has 1 aromatic heterocycles. The van der Waals surface area contributed by atoms with Gasteiger partial charge in [0.15, 0.2) is 0 Å². The molecule has 1 amide bonds. The molecule has 0 unspecified atom stereocenters. The average Bonchev–Trinajstić information content (AvgIpc) is 2.70. The molecule has 0 saturated carbocycles. The molecular formula is C23H22N3O+. The van der Waals surface area contributed by atoms with E-state index in [2.05, 4.69) is 77.6 Å². The van der Waals surface area contributed by atoms with Gasteiger partial charge < -0.3 is 11.1 Å². The second-order valence-electron chi connectivity index (χ2n) is 6.63. The maximum atomic E-state index is 11.8. The Morgan fingerprint density at radius 3 is 2.00 bits per heavy atom. The smallest absolute Gasteiger partial charge is 0.225 e. The van der Waals surface area contributed by atoms with Crippen molar-refractivity contribution in [3.05, 3.63) is 72.8 Å². The fourth-order valence-electron chi connectivity index (χ4n) is 3.62. The van der Waals surface area contributed by atoms with Gasteiger partial charge in [0.25, 0.3) is 0 Å². The highest BCUT2D eigenvalue weighted by atomic mass is 16.1. The van der Waals surface area contributed by atoms with E-state index in [-0.39, 0.29) is 5.91 Å². The lowest BCUT2D eigenvalue weighted by atomic mass is 9.95. The Labute approximate surface area is 158 Å². The van der Waals surface area contributed by atoms with Crippen LogP contribution < -0.4 is 15.6 Å². The van der Waals surface area contributed by atoms with Crippen molar-refractivity contribution < 1.29 is 9.36 Å². The summed E-state index contributed by atoms with van der Waals surface area (Å²) in [4.78, 5) is 11.8. The lowest BCUT2D eigenvalue weighted by molar-refractivity contribution is -0.617. The topological polar surface area (TPSA) is 59.0 Å². The van der Waals surface area contributed by atoms with Gasteiger partial charge >= 0.3 is 0 Å². The van der Waals surface area contributed by atoms with Crippen LogP contribution in [-0.4, -0.2) is 12.5 Å². The molecule has 27 heavy (non-hydrogen) atoms. The lowest BCUT2D eigenvalue weighted by Crippen LogP contribution is -2.30. The molecular weight excluding hydrogens is 334 g/mol. The van der Waals surface area contributed by atoms with Crippen molar-refractivity contribution in [1.82, 2.24) is 0 Å². The van der Waals surface area contributed by atoms with Gasteiger partial charge in [0.05, 0.1) is 10.8 Å². The number of nitrogens with two attached hydrogens (primary N) is 1. The first kappa shape index (κ1) is 17.2. The largest absolute Gasteiger partial charge is 0.330 e. The number of aromatic nitrogens is 1. The number of para-hydroxylation sites is 2. The number of amides is 1. The number of fused-ring (bicyclic) bond motifs is 2. The SMILES string of the molecule is C[n+]1c2ccccc2c(-c2ccc(NC(=O)CCN)cc2)c2ccccc21. The standard InChI is InChI=1S/C23H21N3O/c1-26-20-8-4-2-6-18(20)23(19-7-3-5-9-21(19)26)16-10-12-17(13-11-16)25-22(27)14-15-24/h2-13H,14-15,24H2,1H3/p+1. The van der Waals surface area contributed by atoms with E-state index in [1.165, 1.54) is 27.4 Å². The number of rotatable bonds is 4. The zero-order valence-corrected chi connectivity index (χ0v) is 15.3. The molecule has 0 spiro atoms. The number of nitrogens with one attached hydrogen (secondary N) is 1. The molecule has 0 aliphatic carbocycles. The molecule has 4 rings (SSSR count). The number of benzene rings is 3. The molecule has 0 radical (unpaired) electrons. The normalized spacial score (nSPS) is 11.0. The van der Waals surface area contributed by atoms with E-state index >= 15 is 0 Å². The quantitative estimate of drug-likeness (QED) is 0.432. The third kappa shape index (κ3) is 3.15. The van der Waals surface area contributed by atoms with Crippen LogP contribution in [-0.2, 0) is 11.8 Å².